The molecule has 1 aliphatic rings. The van der Waals surface area contributed by atoms with Crippen molar-refractivity contribution >= 4 is 33.2 Å². The Kier molecular flexibility index (Phi) is 3.84. The Morgan fingerprint density at radius 1 is 1.28 bits per heavy atom. The summed E-state index contributed by atoms with van der Waals surface area (Å²) in [5, 5.41) is 6.44. The molecule has 0 fully saturated rings. The van der Waals surface area contributed by atoms with Gasteiger partial charge >= 0.3 is 0 Å². The SMILES string of the molecule is CCCC(=O)C1C=C(C)C(c2cc3cnc4nccc4c3c[nH]2)=CN1. The number of aromatic amines is 1. The smallest absolute Gasteiger partial charge is 0.159 e. The van der Waals surface area contributed by atoms with Crippen molar-refractivity contribution in [2.45, 2.75) is 32.7 Å². The lowest BCUT2D eigenvalue weighted by Crippen LogP contribution is -2.34. The van der Waals surface area contributed by atoms with E-state index in [1.807, 2.05) is 44.6 Å². The molecular weight excluding hydrogens is 312 g/mol. The van der Waals surface area contributed by atoms with E-state index in [1.165, 1.54) is 0 Å². The van der Waals surface area contributed by atoms with Crippen LogP contribution >= 0.6 is 0 Å². The van der Waals surface area contributed by atoms with Gasteiger partial charge in [-0.15, -0.1) is 0 Å². The number of nitrogens with zero attached hydrogens (tertiary/aromatic N) is 2. The number of aromatic nitrogens is 3. The van der Waals surface area contributed by atoms with Crippen molar-refractivity contribution < 1.29 is 4.79 Å². The number of dihydropyridines is 1. The van der Waals surface area contributed by atoms with Crippen LogP contribution in [0, 0.1) is 0 Å². The molecule has 4 heterocycles. The highest BCUT2D eigenvalue weighted by atomic mass is 16.1. The highest BCUT2D eigenvalue weighted by Crippen LogP contribution is 2.28. The van der Waals surface area contributed by atoms with E-state index in [0.29, 0.717) is 6.42 Å². The number of carbonyl (C=O) groups excluding carboxylic acids is 1. The van der Waals surface area contributed by atoms with Crippen molar-refractivity contribution in [3.05, 3.63) is 54.3 Å². The molecule has 126 valence electrons. The van der Waals surface area contributed by atoms with Crippen LogP contribution < -0.4 is 5.32 Å². The molecule has 0 aliphatic carbocycles. The summed E-state index contributed by atoms with van der Waals surface area (Å²) in [5.74, 6) is 0.231. The van der Waals surface area contributed by atoms with Crippen molar-refractivity contribution in [2.24, 2.45) is 0 Å². The summed E-state index contributed by atoms with van der Waals surface area (Å²) >= 11 is 0. The van der Waals surface area contributed by atoms with Crippen LogP contribution in [-0.2, 0) is 4.79 Å². The Hall–Kier alpha value is -2.95. The summed E-state index contributed by atoms with van der Waals surface area (Å²) in [6, 6.07) is 3.85. The number of carbonyl (C=O) groups is 1. The molecule has 2 N–H and O–H groups in total. The van der Waals surface area contributed by atoms with Gasteiger partial charge in [-0.1, -0.05) is 13.0 Å². The average Bonchev–Trinajstić information content (AvgIpc) is 3.10. The molecule has 4 rings (SSSR count). The number of Topliss-reactive ketones (excluding diaryl/α,β-unsaturated/α-hetero) is 1. The zero-order valence-corrected chi connectivity index (χ0v) is 14.3. The fourth-order valence-electron chi connectivity index (χ4n) is 3.33. The van der Waals surface area contributed by atoms with E-state index in [-0.39, 0.29) is 11.8 Å². The molecule has 25 heavy (non-hydrogen) atoms. The predicted molar refractivity (Wildman–Crippen MR) is 100.0 cm³/mol. The number of hydrogen-bond donors (Lipinski definition) is 2. The van der Waals surface area contributed by atoms with Gasteiger partial charge in [-0.25, -0.2) is 9.97 Å². The summed E-state index contributed by atoms with van der Waals surface area (Å²) in [6.45, 7) is 4.06. The first-order valence-corrected chi connectivity index (χ1v) is 8.57. The molecule has 3 aromatic heterocycles. The molecule has 1 aliphatic heterocycles. The van der Waals surface area contributed by atoms with Crippen molar-refractivity contribution in [1.29, 1.82) is 0 Å². The van der Waals surface area contributed by atoms with Crippen molar-refractivity contribution in [3.8, 4) is 0 Å². The monoisotopic (exact) mass is 332 g/mol. The van der Waals surface area contributed by atoms with Crippen LogP contribution in [0.3, 0.4) is 0 Å². The third-order valence-electron chi connectivity index (χ3n) is 4.66. The number of allylic oxidation sites excluding steroid dienone is 2. The summed E-state index contributed by atoms with van der Waals surface area (Å²) in [6.07, 6.45) is 11.0. The molecule has 0 saturated heterocycles. The minimum Gasteiger partial charge on any atom is -0.378 e. The zero-order chi connectivity index (χ0) is 17.4. The predicted octanol–water partition coefficient (Wildman–Crippen LogP) is 3.74. The van der Waals surface area contributed by atoms with Crippen LogP contribution in [0.2, 0.25) is 0 Å². The number of rotatable bonds is 4. The first-order valence-electron chi connectivity index (χ1n) is 8.57. The highest BCUT2D eigenvalue weighted by molar-refractivity contribution is 6.04. The van der Waals surface area contributed by atoms with Crippen molar-refractivity contribution in [1.82, 2.24) is 20.3 Å². The van der Waals surface area contributed by atoms with Gasteiger partial charge in [0.05, 0.1) is 0 Å². The number of ketones is 1. The van der Waals surface area contributed by atoms with E-state index >= 15 is 0 Å². The fraction of sp³-hybridized carbons (Fsp3) is 0.250. The maximum atomic E-state index is 12.1. The Morgan fingerprint density at radius 3 is 2.96 bits per heavy atom. The van der Waals surface area contributed by atoms with E-state index in [0.717, 1.165) is 45.1 Å². The topological polar surface area (TPSA) is 70.7 Å². The molecule has 0 saturated carbocycles. The Bertz CT molecular complexity index is 1030. The molecule has 0 amide bonds. The van der Waals surface area contributed by atoms with Crippen molar-refractivity contribution in [2.75, 3.05) is 0 Å². The van der Waals surface area contributed by atoms with Crippen LogP contribution in [0.15, 0.2) is 48.6 Å². The van der Waals surface area contributed by atoms with Gasteiger partial charge in [-0.3, -0.25) is 4.79 Å². The molecule has 0 aromatic carbocycles. The second kappa shape index (κ2) is 6.16. The first kappa shape index (κ1) is 15.6. The summed E-state index contributed by atoms with van der Waals surface area (Å²) in [7, 11) is 0. The van der Waals surface area contributed by atoms with E-state index < -0.39 is 0 Å². The molecule has 0 spiro atoms. The minimum absolute atomic E-state index is 0.221. The quantitative estimate of drug-likeness (QED) is 0.763. The average molecular weight is 332 g/mol. The Labute approximate surface area is 145 Å². The maximum Gasteiger partial charge on any atom is 0.159 e. The normalized spacial score (nSPS) is 17.3. The van der Waals surface area contributed by atoms with Gasteiger partial charge < -0.3 is 10.3 Å². The number of pyridine rings is 2. The molecule has 3 aromatic rings. The number of fused-ring (bicyclic) bond motifs is 3. The van der Waals surface area contributed by atoms with E-state index in [4.69, 9.17) is 0 Å². The number of nitrogens with one attached hydrogen (secondary N) is 2. The van der Waals surface area contributed by atoms with Gasteiger partial charge in [0.2, 0.25) is 0 Å². The molecule has 5 nitrogen and oxygen atoms in total. The largest absolute Gasteiger partial charge is 0.378 e. The van der Waals surface area contributed by atoms with E-state index in [2.05, 4.69) is 26.3 Å². The zero-order valence-electron chi connectivity index (χ0n) is 14.3. The Balaban J connectivity index is 1.69. The number of H-pyrrole nitrogens is 1. The maximum absolute atomic E-state index is 12.1. The van der Waals surface area contributed by atoms with Gasteiger partial charge in [0.15, 0.2) is 11.4 Å². The van der Waals surface area contributed by atoms with Crippen LogP contribution in [-0.4, -0.2) is 26.8 Å². The standard InChI is InChI=1S/C20H20N4O/c1-3-4-19(25)18-7-12(2)15(10-23-18)17-8-13-9-24-20-14(5-6-21-20)16(13)11-22-17/h5-11,18,22-23H,3-4H2,1-2H3. The van der Waals surface area contributed by atoms with Gasteiger partial charge in [0, 0.05) is 58.6 Å². The second-order valence-electron chi connectivity index (χ2n) is 6.42. The highest BCUT2D eigenvalue weighted by Gasteiger charge is 2.19. The molecule has 0 bridgehead atoms. The third kappa shape index (κ3) is 2.71. The molecule has 1 unspecified atom stereocenters. The number of hydrogen-bond acceptors (Lipinski definition) is 4. The fourth-order valence-corrected chi connectivity index (χ4v) is 3.33. The van der Waals surface area contributed by atoms with Crippen LogP contribution in [0.1, 0.15) is 32.4 Å². The molecule has 1 atom stereocenters. The van der Waals surface area contributed by atoms with Gasteiger partial charge in [-0.05, 0) is 31.1 Å². The minimum atomic E-state index is -0.221. The molecule has 0 radical (unpaired) electrons. The first-order chi connectivity index (χ1) is 12.2. The van der Waals surface area contributed by atoms with Crippen LogP contribution in [0.5, 0.6) is 0 Å². The van der Waals surface area contributed by atoms with Crippen molar-refractivity contribution in [3.63, 3.8) is 0 Å². The molecular formula is C20H20N4O. The van der Waals surface area contributed by atoms with Gasteiger partial charge in [0.1, 0.15) is 6.04 Å². The lowest BCUT2D eigenvalue weighted by atomic mass is 9.95. The van der Waals surface area contributed by atoms with Gasteiger partial charge in [-0.2, -0.15) is 0 Å². The van der Waals surface area contributed by atoms with E-state index in [1.54, 1.807) is 6.20 Å². The molecule has 5 heteroatoms. The third-order valence-corrected chi connectivity index (χ3v) is 4.66. The summed E-state index contributed by atoms with van der Waals surface area (Å²) in [5.41, 5.74) is 3.91. The Morgan fingerprint density at radius 2 is 2.16 bits per heavy atom. The van der Waals surface area contributed by atoms with E-state index in [9.17, 15) is 4.79 Å². The summed E-state index contributed by atoms with van der Waals surface area (Å²) < 4.78 is 0. The van der Waals surface area contributed by atoms with Crippen LogP contribution in [0.25, 0.3) is 27.4 Å². The summed E-state index contributed by atoms with van der Waals surface area (Å²) in [4.78, 5) is 24.1. The van der Waals surface area contributed by atoms with Crippen LogP contribution in [0.4, 0.5) is 0 Å². The van der Waals surface area contributed by atoms with Gasteiger partial charge in [0.25, 0.3) is 0 Å². The lowest BCUT2D eigenvalue weighted by molar-refractivity contribution is -0.119. The second-order valence-corrected chi connectivity index (χ2v) is 6.42. The lowest BCUT2D eigenvalue weighted by Gasteiger charge is -2.21.